The number of amides is 1. The fourth-order valence-electron chi connectivity index (χ4n) is 1.50. The molecule has 1 unspecified atom stereocenters. The quantitative estimate of drug-likeness (QED) is 0.736. The second-order valence-electron chi connectivity index (χ2n) is 3.79. The van der Waals surface area contributed by atoms with Crippen molar-refractivity contribution in [1.82, 2.24) is 10.6 Å². The third kappa shape index (κ3) is 4.58. The molecule has 0 radical (unpaired) electrons. The van der Waals surface area contributed by atoms with Gasteiger partial charge in [-0.15, -0.1) is 11.8 Å². The Morgan fingerprint density at radius 3 is 2.50 bits per heavy atom. The monoisotopic (exact) mass is 268 g/mol. The highest BCUT2D eigenvalue weighted by molar-refractivity contribution is 8.00. The lowest BCUT2D eigenvalue weighted by Crippen LogP contribution is -2.31. The Kier molecular flexibility index (Phi) is 6.60. The molecule has 100 valence electrons. The van der Waals surface area contributed by atoms with Crippen LogP contribution in [0.3, 0.4) is 0 Å². The highest BCUT2D eigenvalue weighted by Gasteiger charge is 2.17. The van der Waals surface area contributed by atoms with E-state index in [0.717, 1.165) is 23.6 Å². The molecule has 1 aromatic carbocycles. The van der Waals surface area contributed by atoms with Crippen LogP contribution in [0.4, 0.5) is 0 Å². The van der Waals surface area contributed by atoms with E-state index < -0.39 is 0 Å². The van der Waals surface area contributed by atoms with Gasteiger partial charge in [0.15, 0.2) is 0 Å². The average Bonchev–Trinajstić information content (AvgIpc) is 2.43. The van der Waals surface area contributed by atoms with Crippen molar-refractivity contribution in [2.45, 2.75) is 16.6 Å². The van der Waals surface area contributed by atoms with E-state index in [1.807, 2.05) is 31.3 Å². The molecule has 1 rings (SSSR count). The van der Waals surface area contributed by atoms with Crippen molar-refractivity contribution in [3.63, 3.8) is 0 Å². The predicted molar refractivity (Wildman–Crippen MR) is 75.2 cm³/mol. The van der Waals surface area contributed by atoms with E-state index >= 15 is 0 Å². The lowest BCUT2D eigenvalue weighted by atomic mass is 10.3. The molecular formula is C13H20N2O2S. The van der Waals surface area contributed by atoms with Crippen molar-refractivity contribution in [1.29, 1.82) is 0 Å². The van der Waals surface area contributed by atoms with E-state index in [1.165, 1.54) is 0 Å². The highest BCUT2D eigenvalue weighted by Crippen LogP contribution is 2.27. The van der Waals surface area contributed by atoms with E-state index in [-0.39, 0.29) is 11.2 Å². The molecule has 0 aliphatic heterocycles. The first-order valence-electron chi connectivity index (χ1n) is 5.88. The highest BCUT2D eigenvalue weighted by atomic mass is 32.2. The minimum atomic E-state index is -0.0733. The number of ether oxygens (including phenoxy) is 1. The van der Waals surface area contributed by atoms with Gasteiger partial charge in [0.25, 0.3) is 0 Å². The minimum Gasteiger partial charge on any atom is -0.497 e. The van der Waals surface area contributed by atoms with Crippen LogP contribution in [0.25, 0.3) is 0 Å². The van der Waals surface area contributed by atoms with E-state index in [2.05, 4.69) is 10.6 Å². The first-order valence-corrected chi connectivity index (χ1v) is 6.76. The largest absolute Gasteiger partial charge is 0.497 e. The first kappa shape index (κ1) is 14.9. The standard InChI is InChI=1S/C13H20N2O2S/c1-14-9-8-12(13(16)15-2)18-11-6-4-10(17-3)5-7-11/h4-7,12,14H,8-9H2,1-3H3,(H,15,16). The molecular weight excluding hydrogens is 248 g/mol. The van der Waals surface area contributed by atoms with Crippen LogP contribution in [-0.4, -0.2) is 38.9 Å². The molecule has 1 atom stereocenters. The summed E-state index contributed by atoms with van der Waals surface area (Å²) in [4.78, 5) is 12.8. The van der Waals surface area contributed by atoms with Gasteiger partial charge in [0, 0.05) is 11.9 Å². The summed E-state index contributed by atoms with van der Waals surface area (Å²) < 4.78 is 5.11. The summed E-state index contributed by atoms with van der Waals surface area (Å²) >= 11 is 1.57. The van der Waals surface area contributed by atoms with Crippen molar-refractivity contribution in [3.05, 3.63) is 24.3 Å². The topological polar surface area (TPSA) is 50.4 Å². The van der Waals surface area contributed by atoms with Crippen LogP contribution in [0.15, 0.2) is 29.2 Å². The summed E-state index contributed by atoms with van der Waals surface area (Å²) in [6.45, 7) is 0.821. The van der Waals surface area contributed by atoms with Crippen LogP contribution in [0, 0.1) is 0 Å². The molecule has 0 spiro atoms. The molecule has 0 fully saturated rings. The predicted octanol–water partition coefficient (Wildman–Crippen LogP) is 1.51. The number of carbonyl (C=O) groups is 1. The molecule has 2 N–H and O–H groups in total. The van der Waals surface area contributed by atoms with E-state index in [9.17, 15) is 4.79 Å². The molecule has 18 heavy (non-hydrogen) atoms. The number of hydrogen-bond donors (Lipinski definition) is 2. The van der Waals surface area contributed by atoms with Gasteiger partial charge in [-0.25, -0.2) is 0 Å². The van der Waals surface area contributed by atoms with Crippen LogP contribution in [0.1, 0.15) is 6.42 Å². The Morgan fingerprint density at radius 1 is 1.33 bits per heavy atom. The van der Waals surface area contributed by atoms with Gasteiger partial charge >= 0.3 is 0 Å². The molecule has 0 saturated heterocycles. The summed E-state index contributed by atoms with van der Waals surface area (Å²) in [6, 6.07) is 7.75. The molecule has 0 aliphatic rings. The molecule has 5 heteroatoms. The number of nitrogens with one attached hydrogen (secondary N) is 2. The third-order valence-electron chi connectivity index (χ3n) is 2.53. The third-order valence-corrected chi connectivity index (χ3v) is 3.81. The molecule has 1 amide bonds. The molecule has 0 bridgehead atoms. The Balaban J connectivity index is 2.65. The van der Waals surface area contributed by atoms with Crippen LogP contribution in [0.2, 0.25) is 0 Å². The zero-order chi connectivity index (χ0) is 13.4. The van der Waals surface area contributed by atoms with Gasteiger partial charge in [-0.3, -0.25) is 4.79 Å². The Labute approximate surface area is 112 Å². The Hall–Kier alpha value is -1.20. The van der Waals surface area contributed by atoms with Crippen LogP contribution >= 0.6 is 11.8 Å². The fourth-order valence-corrected chi connectivity index (χ4v) is 2.58. The zero-order valence-corrected chi connectivity index (χ0v) is 11.8. The molecule has 1 aromatic rings. The van der Waals surface area contributed by atoms with Gasteiger partial charge in [0.05, 0.1) is 12.4 Å². The number of carbonyl (C=O) groups excluding carboxylic acids is 1. The normalized spacial score (nSPS) is 11.9. The molecule has 0 aromatic heterocycles. The molecule has 0 aliphatic carbocycles. The lowest BCUT2D eigenvalue weighted by Gasteiger charge is -2.15. The Bertz CT molecular complexity index is 368. The maximum Gasteiger partial charge on any atom is 0.233 e. The lowest BCUT2D eigenvalue weighted by molar-refractivity contribution is -0.120. The second kappa shape index (κ2) is 8.00. The number of benzene rings is 1. The van der Waals surface area contributed by atoms with Crippen LogP contribution in [-0.2, 0) is 4.79 Å². The number of rotatable bonds is 7. The summed E-state index contributed by atoms with van der Waals surface area (Å²) in [5.41, 5.74) is 0. The van der Waals surface area contributed by atoms with Gasteiger partial charge in [0.2, 0.25) is 5.91 Å². The van der Waals surface area contributed by atoms with Gasteiger partial charge in [-0.1, -0.05) is 0 Å². The summed E-state index contributed by atoms with van der Waals surface area (Å²) in [6.07, 6.45) is 0.798. The van der Waals surface area contributed by atoms with Gasteiger partial charge < -0.3 is 15.4 Å². The summed E-state index contributed by atoms with van der Waals surface area (Å²) in [5.74, 6) is 0.886. The smallest absolute Gasteiger partial charge is 0.233 e. The maximum absolute atomic E-state index is 11.8. The van der Waals surface area contributed by atoms with Crippen LogP contribution < -0.4 is 15.4 Å². The van der Waals surface area contributed by atoms with Gasteiger partial charge in [-0.05, 0) is 44.3 Å². The summed E-state index contributed by atoms with van der Waals surface area (Å²) in [7, 11) is 5.20. The molecule has 4 nitrogen and oxygen atoms in total. The van der Waals surface area contributed by atoms with Gasteiger partial charge in [0.1, 0.15) is 5.75 Å². The first-order chi connectivity index (χ1) is 8.71. The SMILES string of the molecule is CNCCC(Sc1ccc(OC)cc1)C(=O)NC. The number of methoxy groups -OCH3 is 1. The number of hydrogen-bond acceptors (Lipinski definition) is 4. The average molecular weight is 268 g/mol. The fraction of sp³-hybridized carbons (Fsp3) is 0.462. The van der Waals surface area contributed by atoms with Crippen molar-refractivity contribution < 1.29 is 9.53 Å². The van der Waals surface area contributed by atoms with E-state index in [1.54, 1.807) is 25.9 Å². The van der Waals surface area contributed by atoms with Crippen molar-refractivity contribution in [2.24, 2.45) is 0 Å². The van der Waals surface area contributed by atoms with E-state index in [4.69, 9.17) is 4.74 Å². The van der Waals surface area contributed by atoms with Crippen molar-refractivity contribution in [3.8, 4) is 5.75 Å². The minimum absolute atomic E-state index is 0.0612. The molecule has 0 saturated carbocycles. The summed E-state index contributed by atoms with van der Waals surface area (Å²) in [5, 5.41) is 5.70. The van der Waals surface area contributed by atoms with Crippen LogP contribution in [0.5, 0.6) is 5.75 Å². The molecule has 0 heterocycles. The van der Waals surface area contributed by atoms with E-state index in [0.29, 0.717) is 0 Å². The van der Waals surface area contributed by atoms with Crippen molar-refractivity contribution >= 4 is 17.7 Å². The van der Waals surface area contributed by atoms with Crippen molar-refractivity contribution in [2.75, 3.05) is 27.7 Å². The maximum atomic E-state index is 11.8. The Morgan fingerprint density at radius 2 is 2.00 bits per heavy atom. The number of thioether (sulfide) groups is 1. The second-order valence-corrected chi connectivity index (χ2v) is 5.06. The van der Waals surface area contributed by atoms with Gasteiger partial charge in [-0.2, -0.15) is 0 Å². The zero-order valence-electron chi connectivity index (χ0n) is 11.0.